The van der Waals surface area contributed by atoms with Gasteiger partial charge in [-0.3, -0.25) is 9.59 Å². The Labute approximate surface area is 389 Å². The van der Waals surface area contributed by atoms with Crippen molar-refractivity contribution in [1.82, 2.24) is 9.80 Å². The first-order valence-electron chi connectivity index (χ1n) is 28.1. The molecule has 0 heterocycles. The fourth-order valence-electron chi connectivity index (χ4n) is 8.99. The number of hydrogen-bond donors (Lipinski definition) is 0. The maximum Gasteiger partial charge on any atom is 0.308 e. The van der Waals surface area contributed by atoms with Gasteiger partial charge in [0.15, 0.2) is 0 Å². The third-order valence-electron chi connectivity index (χ3n) is 13.4. The van der Waals surface area contributed by atoms with E-state index in [1.165, 1.54) is 238 Å². The Morgan fingerprint density at radius 2 is 0.581 bits per heavy atom. The van der Waals surface area contributed by atoms with Crippen LogP contribution in [0.5, 0.6) is 0 Å². The number of nitrogens with zero attached hydrogens (tertiary/aromatic N) is 2. The van der Waals surface area contributed by atoms with Gasteiger partial charge in [0, 0.05) is 13.1 Å². The second-order valence-corrected chi connectivity index (χ2v) is 19.8. The van der Waals surface area contributed by atoms with E-state index in [1.54, 1.807) is 0 Å². The summed E-state index contributed by atoms with van der Waals surface area (Å²) >= 11 is 0. The highest BCUT2D eigenvalue weighted by molar-refractivity contribution is 5.72. The molecular weight excluding hydrogens is 765 g/mol. The monoisotopic (exact) mass is 877 g/mol. The smallest absolute Gasteiger partial charge is 0.308 e. The Bertz CT molecular complexity index is 912. The minimum absolute atomic E-state index is 0.0857. The summed E-state index contributed by atoms with van der Waals surface area (Å²) < 4.78 is 11.7. The van der Waals surface area contributed by atoms with Gasteiger partial charge in [0.1, 0.15) is 0 Å². The first kappa shape index (κ1) is 60.9. The highest BCUT2D eigenvalue weighted by atomic mass is 16.5. The molecule has 0 N–H and O–H groups in total. The van der Waals surface area contributed by atoms with Crippen LogP contribution in [-0.4, -0.2) is 75.2 Å². The predicted molar refractivity (Wildman–Crippen MR) is 271 cm³/mol. The van der Waals surface area contributed by atoms with E-state index >= 15 is 0 Å². The Kier molecular flexibility index (Phi) is 48.4. The Hall–Kier alpha value is -1.14. The van der Waals surface area contributed by atoms with E-state index in [4.69, 9.17) is 9.47 Å². The molecule has 0 radical (unpaired) electrons. The SMILES string of the molecule is CCCCCCCCC(CCCCCC)C(=O)OCCCCCCCCCCN(CCCCCCCCCOC(=O)C(CCCCCCC)CCCCCCCC)CCN(C)C. The highest BCUT2D eigenvalue weighted by Gasteiger charge is 2.20. The van der Waals surface area contributed by atoms with Gasteiger partial charge < -0.3 is 19.3 Å². The van der Waals surface area contributed by atoms with E-state index < -0.39 is 0 Å². The minimum atomic E-state index is 0.0857. The molecule has 62 heavy (non-hydrogen) atoms. The maximum atomic E-state index is 13.0. The number of carbonyl (C=O) groups excluding carboxylic acids is 2. The lowest BCUT2D eigenvalue weighted by Gasteiger charge is -2.24. The summed E-state index contributed by atoms with van der Waals surface area (Å²) in [7, 11) is 4.38. The number of ether oxygens (including phenoxy) is 2. The molecule has 6 nitrogen and oxygen atoms in total. The number of hydrogen-bond acceptors (Lipinski definition) is 6. The minimum Gasteiger partial charge on any atom is -0.465 e. The Balaban J connectivity index is 4.13. The molecule has 0 rings (SSSR count). The molecule has 0 saturated carbocycles. The molecule has 0 spiro atoms. The summed E-state index contributed by atoms with van der Waals surface area (Å²) in [5.74, 6) is 0.415. The van der Waals surface area contributed by atoms with Crippen LogP contribution >= 0.6 is 0 Å². The van der Waals surface area contributed by atoms with Crippen LogP contribution in [0.1, 0.15) is 285 Å². The van der Waals surface area contributed by atoms with Crippen molar-refractivity contribution in [1.29, 1.82) is 0 Å². The van der Waals surface area contributed by atoms with Crippen molar-refractivity contribution >= 4 is 11.9 Å². The van der Waals surface area contributed by atoms with Crippen molar-refractivity contribution in [3.8, 4) is 0 Å². The van der Waals surface area contributed by atoms with Crippen molar-refractivity contribution in [3.05, 3.63) is 0 Å². The summed E-state index contributed by atoms with van der Waals surface area (Å²) in [6, 6.07) is 0. The molecule has 2 unspecified atom stereocenters. The van der Waals surface area contributed by atoms with E-state index in [9.17, 15) is 9.59 Å². The molecular formula is C56H112N2O4. The molecule has 0 aromatic carbocycles. The first-order chi connectivity index (χ1) is 30.4. The Morgan fingerprint density at radius 3 is 0.887 bits per heavy atom. The zero-order valence-corrected chi connectivity index (χ0v) is 43.2. The van der Waals surface area contributed by atoms with Gasteiger partial charge in [0.25, 0.3) is 0 Å². The van der Waals surface area contributed by atoms with E-state index in [0.29, 0.717) is 13.2 Å². The maximum absolute atomic E-state index is 13.0. The standard InChI is InChI=1S/C56H112N2O4/c1-7-11-15-19-29-37-45-53(43-35-18-14-10-4)55(59)61-51-41-33-26-22-21-24-31-39-47-58(50-49-57(5)6)48-40-32-25-23-27-34-42-52-62-56(60)54(44-36-28-17-13-9-3)46-38-30-20-16-12-8-2/h53-54H,7-52H2,1-6H3. The number of esters is 2. The van der Waals surface area contributed by atoms with Gasteiger partial charge >= 0.3 is 11.9 Å². The molecule has 6 heteroatoms. The molecule has 0 amide bonds. The van der Waals surface area contributed by atoms with Crippen molar-refractivity contribution in [2.45, 2.75) is 285 Å². The van der Waals surface area contributed by atoms with Gasteiger partial charge in [-0.05, 0) is 78.6 Å². The zero-order valence-electron chi connectivity index (χ0n) is 43.2. The number of carbonyl (C=O) groups is 2. The molecule has 0 aromatic heterocycles. The van der Waals surface area contributed by atoms with Crippen LogP contribution in [0, 0.1) is 11.8 Å². The summed E-state index contributed by atoms with van der Waals surface area (Å²) in [5.41, 5.74) is 0. The van der Waals surface area contributed by atoms with Crippen molar-refractivity contribution in [2.75, 3.05) is 53.5 Å². The molecule has 0 aliphatic heterocycles. The van der Waals surface area contributed by atoms with Gasteiger partial charge in [0.05, 0.1) is 25.0 Å². The quantitative estimate of drug-likeness (QED) is 0.0448. The van der Waals surface area contributed by atoms with Crippen LogP contribution in [0.4, 0.5) is 0 Å². The van der Waals surface area contributed by atoms with Crippen molar-refractivity contribution < 1.29 is 19.1 Å². The van der Waals surface area contributed by atoms with E-state index in [-0.39, 0.29) is 23.8 Å². The van der Waals surface area contributed by atoms with Crippen LogP contribution in [0.2, 0.25) is 0 Å². The lowest BCUT2D eigenvalue weighted by atomic mass is 9.94. The summed E-state index contributed by atoms with van der Waals surface area (Å²) in [4.78, 5) is 31.0. The number of unbranched alkanes of at least 4 members (excludes halogenated alkanes) is 30. The van der Waals surface area contributed by atoms with Gasteiger partial charge in [-0.25, -0.2) is 0 Å². The predicted octanol–water partition coefficient (Wildman–Crippen LogP) is 16.9. The average Bonchev–Trinajstić information content (AvgIpc) is 3.26. The number of rotatable bonds is 51. The van der Waals surface area contributed by atoms with Gasteiger partial charge in [-0.15, -0.1) is 0 Å². The van der Waals surface area contributed by atoms with Crippen LogP contribution in [0.15, 0.2) is 0 Å². The van der Waals surface area contributed by atoms with Crippen LogP contribution in [0.3, 0.4) is 0 Å². The second-order valence-electron chi connectivity index (χ2n) is 19.8. The molecule has 0 aliphatic carbocycles. The molecule has 0 bridgehead atoms. The van der Waals surface area contributed by atoms with Crippen molar-refractivity contribution in [3.63, 3.8) is 0 Å². The third kappa shape index (κ3) is 42.8. The average molecular weight is 878 g/mol. The van der Waals surface area contributed by atoms with E-state index in [2.05, 4.69) is 51.6 Å². The molecule has 0 saturated heterocycles. The second kappa shape index (κ2) is 49.3. The molecule has 0 aliphatic rings. The lowest BCUT2D eigenvalue weighted by Crippen LogP contribution is -2.33. The number of likely N-dealkylation sites (N-methyl/N-ethyl adjacent to an activating group) is 1. The van der Waals surface area contributed by atoms with Crippen LogP contribution in [-0.2, 0) is 19.1 Å². The zero-order chi connectivity index (χ0) is 45.4. The summed E-state index contributed by atoms with van der Waals surface area (Å²) in [6.07, 6.45) is 49.5. The molecule has 0 aromatic rings. The molecule has 2 atom stereocenters. The fourth-order valence-corrected chi connectivity index (χ4v) is 8.99. The third-order valence-corrected chi connectivity index (χ3v) is 13.4. The van der Waals surface area contributed by atoms with Gasteiger partial charge in [-0.1, -0.05) is 233 Å². The first-order valence-corrected chi connectivity index (χ1v) is 28.1. The largest absolute Gasteiger partial charge is 0.465 e. The van der Waals surface area contributed by atoms with Crippen LogP contribution < -0.4 is 0 Å². The topological polar surface area (TPSA) is 59.1 Å². The highest BCUT2D eigenvalue weighted by Crippen LogP contribution is 2.23. The molecule has 0 fully saturated rings. The van der Waals surface area contributed by atoms with Gasteiger partial charge in [0.2, 0.25) is 0 Å². The van der Waals surface area contributed by atoms with Crippen LogP contribution in [0.25, 0.3) is 0 Å². The lowest BCUT2D eigenvalue weighted by molar-refractivity contribution is -0.150. The summed E-state index contributed by atoms with van der Waals surface area (Å²) in [5, 5.41) is 0. The summed E-state index contributed by atoms with van der Waals surface area (Å²) in [6.45, 7) is 15.0. The normalized spacial score (nSPS) is 12.7. The Morgan fingerprint density at radius 1 is 0.323 bits per heavy atom. The van der Waals surface area contributed by atoms with E-state index in [1.807, 2.05) is 0 Å². The van der Waals surface area contributed by atoms with E-state index in [0.717, 1.165) is 45.1 Å². The van der Waals surface area contributed by atoms with Crippen molar-refractivity contribution in [2.24, 2.45) is 11.8 Å². The van der Waals surface area contributed by atoms with Gasteiger partial charge in [-0.2, -0.15) is 0 Å². The molecule has 370 valence electrons. The fraction of sp³-hybridized carbons (Fsp3) is 0.964.